The number of hydrogen-bond donors (Lipinski definition) is 1. The summed E-state index contributed by atoms with van der Waals surface area (Å²) in [5.41, 5.74) is 1.83. The quantitative estimate of drug-likeness (QED) is 0.847. The molecule has 0 bridgehead atoms. The fraction of sp³-hybridized carbons (Fsp3) is 0.381. The van der Waals surface area contributed by atoms with Gasteiger partial charge in [0.1, 0.15) is 5.82 Å². The molecule has 0 aromatic heterocycles. The van der Waals surface area contributed by atoms with Crippen LogP contribution >= 0.6 is 0 Å². The molecular formula is C21H25FN2O3. The number of rotatable bonds is 6. The topological polar surface area (TPSA) is 50.8 Å². The molecule has 144 valence electrons. The molecule has 2 aromatic rings. The highest BCUT2D eigenvalue weighted by molar-refractivity contribution is 5.77. The van der Waals surface area contributed by atoms with Crippen molar-refractivity contribution in [1.82, 2.24) is 10.2 Å². The molecule has 1 saturated heterocycles. The second-order valence-electron chi connectivity index (χ2n) is 6.55. The maximum atomic E-state index is 13.6. The fourth-order valence-electron chi connectivity index (χ4n) is 3.45. The van der Waals surface area contributed by atoms with E-state index in [4.69, 9.17) is 9.47 Å². The third-order valence-corrected chi connectivity index (χ3v) is 4.87. The average molecular weight is 372 g/mol. The van der Waals surface area contributed by atoms with Crippen molar-refractivity contribution in [2.45, 2.75) is 18.9 Å². The van der Waals surface area contributed by atoms with Gasteiger partial charge in [-0.1, -0.05) is 18.2 Å². The van der Waals surface area contributed by atoms with Gasteiger partial charge in [-0.05, 0) is 41.8 Å². The van der Waals surface area contributed by atoms with Gasteiger partial charge in [0.15, 0.2) is 11.5 Å². The molecule has 1 unspecified atom stereocenters. The second-order valence-corrected chi connectivity index (χ2v) is 6.55. The first-order valence-corrected chi connectivity index (χ1v) is 9.09. The monoisotopic (exact) mass is 372 g/mol. The molecule has 0 aliphatic carbocycles. The molecule has 1 atom stereocenters. The lowest BCUT2D eigenvalue weighted by molar-refractivity contribution is -0.134. The molecular weight excluding hydrogens is 347 g/mol. The fourth-order valence-corrected chi connectivity index (χ4v) is 3.45. The van der Waals surface area contributed by atoms with Crippen molar-refractivity contribution < 1.29 is 18.7 Å². The number of halogens is 1. The lowest BCUT2D eigenvalue weighted by Crippen LogP contribution is -2.48. The largest absolute Gasteiger partial charge is 0.493 e. The summed E-state index contributed by atoms with van der Waals surface area (Å²) in [6.07, 6.45) is 1.00. The molecule has 1 aliphatic heterocycles. The number of amides is 1. The van der Waals surface area contributed by atoms with Gasteiger partial charge < -0.3 is 19.7 Å². The summed E-state index contributed by atoms with van der Waals surface area (Å²) in [6, 6.07) is 12.0. The second kappa shape index (κ2) is 8.86. The van der Waals surface area contributed by atoms with E-state index in [0.29, 0.717) is 37.4 Å². The summed E-state index contributed by atoms with van der Waals surface area (Å²) in [5.74, 6) is 1.11. The highest BCUT2D eigenvalue weighted by Crippen LogP contribution is 2.29. The van der Waals surface area contributed by atoms with E-state index in [-0.39, 0.29) is 17.8 Å². The van der Waals surface area contributed by atoms with E-state index < -0.39 is 0 Å². The number of hydrogen-bond acceptors (Lipinski definition) is 4. The molecule has 1 aliphatic rings. The highest BCUT2D eigenvalue weighted by Gasteiger charge is 2.27. The van der Waals surface area contributed by atoms with E-state index in [0.717, 1.165) is 17.7 Å². The van der Waals surface area contributed by atoms with Gasteiger partial charge in [0.2, 0.25) is 5.91 Å². The summed E-state index contributed by atoms with van der Waals surface area (Å²) >= 11 is 0. The molecule has 5 nitrogen and oxygen atoms in total. The number of carbonyl (C=O) groups excluding carboxylic acids is 1. The number of nitrogens with zero attached hydrogens (tertiary/aromatic N) is 1. The Hall–Kier alpha value is -2.60. The minimum absolute atomic E-state index is 0.0700. The standard InChI is InChI=1S/C21H25FN2O3/c1-26-19-8-6-15(12-20(19)27-2)7-9-21(25)24-11-10-23-14-18(24)16-4-3-5-17(22)13-16/h3-6,8,12-13,18,23H,7,9-11,14H2,1-2H3. The molecule has 1 heterocycles. The minimum atomic E-state index is -0.282. The van der Waals surface area contributed by atoms with E-state index >= 15 is 0 Å². The van der Waals surface area contributed by atoms with Crippen LogP contribution in [0.2, 0.25) is 0 Å². The Morgan fingerprint density at radius 1 is 1.19 bits per heavy atom. The van der Waals surface area contributed by atoms with Crippen molar-refractivity contribution >= 4 is 5.91 Å². The van der Waals surface area contributed by atoms with E-state index in [1.165, 1.54) is 12.1 Å². The first-order valence-electron chi connectivity index (χ1n) is 9.09. The SMILES string of the molecule is COc1ccc(CCC(=O)N2CCNCC2c2cccc(F)c2)cc1OC. The molecule has 6 heteroatoms. The highest BCUT2D eigenvalue weighted by atomic mass is 19.1. The zero-order chi connectivity index (χ0) is 19.2. The Bertz CT molecular complexity index is 797. The maximum Gasteiger partial charge on any atom is 0.223 e. The van der Waals surface area contributed by atoms with Crippen LogP contribution < -0.4 is 14.8 Å². The van der Waals surface area contributed by atoms with Gasteiger partial charge in [0.25, 0.3) is 0 Å². The third-order valence-electron chi connectivity index (χ3n) is 4.87. The van der Waals surface area contributed by atoms with Crippen molar-refractivity contribution in [3.05, 3.63) is 59.4 Å². The zero-order valence-corrected chi connectivity index (χ0v) is 15.7. The van der Waals surface area contributed by atoms with Gasteiger partial charge in [-0.2, -0.15) is 0 Å². The predicted molar refractivity (Wildman–Crippen MR) is 102 cm³/mol. The Morgan fingerprint density at radius 3 is 2.74 bits per heavy atom. The molecule has 1 amide bonds. The molecule has 1 N–H and O–H groups in total. The van der Waals surface area contributed by atoms with Gasteiger partial charge in [-0.25, -0.2) is 4.39 Å². The minimum Gasteiger partial charge on any atom is -0.493 e. The van der Waals surface area contributed by atoms with E-state index in [2.05, 4.69) is 5.32 Å². The van der Waals surface area contributed by atoms with Crippen LogP contribution in [0.1, 0.15) is 23.6 Å². The molecule has 0 radical (unpaired) electrons. The molecule has 0 saturated carbocycles. The number of piperazine rings is 1. The van der Waals surface area contributed by atoms with Crippen LogP contribution in [-0.2, 0) is 11.2 Å². The number of nitrogens with one attached hydrogen (secondary N) is 1. The lowest BCUT2D eigenvalue weighted by Gasteiger charge is -2.36. The summed E-state index contributed by atoms with van der Waals surface area (Å²) in [7, 11) is 3.19. The van der Waals surface area contributed by atoms with Crippen molar-refractivity contribution in [1.29, 1.82) is 0 Å². The number of aryl methyl sites for hydroxylation is 1. The van der Waals surface area contributed by atoms with E-state index in [1.807, 2.05) is 29.2 Å². The first kappa shape index (κ1) is 19.2. The Morgan fingerprint density at radius 2 is 2.00 bits per heavy atom. The van der Waals surface area contributed by atoms with Crippen molar-refractivity contribution in [2.75, 3.05) is 33.9 Å². The lowest BCUT2D eigenvalue weighted by atomic mass is 10.0. The summed E-state index contributed by atoms with van der Waals surface area (Å²) in [5, 5.41) is 3.29. The Labute approximate surface area is 159 Å². The molecule has 27 heavy (non-hydrogen) atoms. The van der Waals surface area contributed by atoms with Crippen molar-refractivity contribution in [2.24, 2.45) is 0 Å². The van der Waals surface area contributed by atoms with Crippen LogP contribution in [-0.4, -0.2) is 44.7 Å². The van der Waals surface area contributed by atoms with E-state index in [9.17, 15) is 9.18 Å². The van der Waals surface area contributed by atoms with Crippen LogP contribution in [0.25, 0.3) is 0 Å². The normalized spacial score (nSPS) is 16.9. The number of ether oxygens (including phenoxy) is 2. The smallest absolute Gasteiger partial charge is 0.223 e. The maximum absolute atomic E-state index is 13.6. The Balaban J connectivity index is 1.69. The molecule has 2 aromatic carbocycles. The van der Waals surface area contributed by atoms with Crippen LogP contribution in [0.5, 0.6) is 11.5 Å². The summed E-state index contributed by atoms with van der Waals surface area (Å²) < 4.78 is 24.2. The van der Waals surface area contributed by atoms with Crippen LogP contribution in [0.4, 0.5) is 4.39 Å². The van der Waals surface area contributed by atoms with Gasteiger partial charge >= 0.3 is 0 Å². The van der Waals surface area contributed by atoms with Gasteiger partial charge in [0, 0.05) is 26.1 Å². The van der Waals surface area contributed by atoms with Gasteiger partial charge in [-0.3, -0.25) is 4.79 Å². The van der Waals surface area contributed by atoms with Crippen molar-refractivity contribution in [3.63, 3.8) is 0 Å². The Kier molecular flexibility index (Phi) is 6.29. The van der Waals surface area contributed by atoms with Crippen LogP contribution in [0, 0.1) is 5.82 Å². The summed E-state index contributed by atoms with van der Waals surface area (Å²) in [4.78, 5) is 14.7. The number of carbonyl (C=O) groups is 1. The number of benzene rings is 2. The summed E-state index contributed by atoms with van der Waals surface area (Å²) in [6.45, 7) is 1.99. The third kappa shape index (κ3) is 4.57. The molecule has 3 rings (SSSR count). The van der Waals surface area contributed by atoms with Crippen molar-refractivity contribution in [3.8, 4) is 11.5 Å². The predicted octanol–water partition coefficient (Wildman–Crippen LogP) is 2.95. The van der Waals surface area contributed by atoms with Crippen LogP contribution in [0.3, 0.4) is 0 Å². The average Bonchev–Trinajstić information content (AvgIpc) is 2.71. The number of methoxy groups -OCH3 is 2. The zero-order valence-electron chi connectivity index (χ0n) is 15.7. The molecule has 0 spiro atoms. The van der Waals surface area contributed by atoms with Gasteiger partial charge in [0.05, 0.1) is 20.3 Å². The van der Waals surface area contributed by atoms with E-state index in [1.54, 1.807) is 20.3 Å². The van der Waals surface area contributed by atoms with Gasteiger partial charge in [-0.15, -0.1) is 0 Å². The molecule has 1 fully saturated rings. The van der Waals surface area contributed by atoms with Crippen LogP contribution in [0.15, 0.2) is 42.5 Å². The first-order chi connectivity index (χ1) is 13.1.